The molecule has 3 unspecified atom stereocenters. The molecule has 0 aromatic rings. The highest BCUT2D eigenvalue weighted by Crippen LogP contribution is 2.48. The van der Waals surface area contributed by atoms with E-state index in [1.165, 1.54) is 12.2 Å². The number of nitrogens with two attached hydrogens (primary N) is 1. The number of allylic oxidation sites excluding steroid dienone is 3. The summed E-state index contributed by atoms with van der Waals surface area (Å²) in [5.41, 5.74) is 4.11. The van der Waals surface area contributed by atoms with E-state index in [9.17, 15) is 19.7 Å². The maximum absolute atomic E-state index is 12.7. The number of ether oxygens (including phenoxy) is 2. The average Bonchev–Trinajstić information content (AvgIpc) is 2.79. The molecule has 3 heterocycles. The maximum Gasteiger partial charge on any atom is 0.354 e. The van der Waals surface area contributed by atoms with E-state index in [1.54, 1.807) is 32.6 Å². The van der Waals surface area contributed by atoms with Crippen LogP contribution in [-0.4, -0.2) is 63.2 Å². The highest BCUT2D eigenvalue weighted by atomic mass is 16.6. The fourth-order valence-electron chi connectivity index (χ4n) is 3.99. The van der Waals surface area contributed by atoms with Crippen molar-refractivity contribution in [3.8, 4) is 0 Å². The minimum Gasteiger partial charge on any atom is -0.457 e. The Morgan fingerprint density at radius 1 is 1.39 bits per heavy atom. The Morgan fingerprint density at radius 2 is 2.07 bits per heavy atom. The summed E-state index contributed by atoms with van der Waals surface area (Å²) in [4.78, 5) is 38.9. The normalized spacial score (nSPS) is 31.1. The summed E-state index contributed by atoms with van der Waals surface area (Å²) in [5.74, 6) is -1.02. The maximum atomic E-state index is 12.7. The van der Waals surface area contributed by atoms with Crippen molar-refractivity contribution in [1.82, 2.24) is 9.80 Å². The van der Waals surface area contributed by atoms with E-state index in [2.05, 4.69) is 0 Å². The quantitative estimate of drug-likeness (QED) is 0.319. The van der Waals surface area contributed by atoms with Gasteiger partial charge in [-0.05, 0) is 38.7 Å². The number of nitrogens with zero attached hydrogens (tertiary/aromatic N) is 3. The van der Waals surface area contributed by atoms with Crippen molar-refractivity contribution in [2.24, 2.45) is 5.73 Å². The number of nitro groups is 1. The van der Waals surface area contributed by atoms with Crippen molar-refractivity contribution in [2.45, 2.75) is 63.9 Å². The molecule has 2 N–H and O–H groups in total. The lowest BCUT2D eigenvalue weighted by molar-refractivity contribution is -0.426. The van der Waals surface area contributed by atoms with Gasteiger partial charge in [-0.3, -0.25) is 15.4 Å². The summed E-state index contributed by atoms with van der Waals surface area (Å²) in [7, 11) is 0. The Labute approximate surface area is 163 Å². The molecule has 10 nitrogen and oxygen atoms in total. The topological polar surface area (TPSA) is 128 Å². The van der Waals surface area contributed by atoms with Crippen LogP contribution >= 0.6 is 0 Å². The average molecular weight is 394 g/mol. The zero-order valence-electron chi connectivity index (χ0n) is 16.5. The van der Waals surface area contributed by atoms with Crippen LogP contribution in [0, 0.1) is 10.1 Å². The van der Waals surface area contributed by atoms with Crippen LogP contribution in [-0.2, 0) is 19.1 Å². The van der Waals surface area contributed by atoms with Gasteiger partial charge in [-0.2, -0.15) is 0 Å². The number of hydrogen-bond donors (Lipinski definition) is 1. The highest BCUT2D eigenvalue weighted by molar-refractivity contribution is 5.84. The third kappa shape index (κ3) is 3.49. The monoisotopic (exact) mass is 394 g/mol. The molecule has 10 heteroatoms. The summed E-state index contributed by atoms with van der Waals surface area (Å²) in [6.45, 7) is 7.73. The van der Waals surface area contributed by atoms with Gasteiger partial charge in [-0.1, -0.05) is 0 Å². The van der Waals surface area contributed by atoms with E-state index in [0.29, 0.717) is 25.3 Å². The Bertz CT molecular complexity index is 771. The van der Waals surface area contributed by atoms with Crippen LogP contribution < -0.4 is 5.73 Å². The predicted octanol–water partition coefficient (Wildman–Crippen LogP) is 0.710. The smallest absolute Gasteiger partial charge is 0.354 e. The molecule has 28 heavy (non-hydrogen) atoms. The summed E-state index contributed by atoms with van der Waals surface area (Å²) in [6.07, 6.45) is 3.27. The Kier molecular flexibility index (Phi) is 4.96. The van der Waals surface area contributed by atoms with Crippen LogP contribution in [0.1, 0.15) is 40.5 Å². The molecule has 1 amide bonds. The van der Waals surface area contributed by atoms with Gasteiger partial charge in [0, 0.05) is 37.2 Å². The number of esters is 1. The van der Waals surface area contributed by atoms with Gasteiger partial charge in [0.2, 0.25) is 11.6 Å². The van der Waals surface area contributed by atoms with Gasteiger partial charge in [0.15, 0.2) is 0 Å². The van der Waals surface area contributed by atoms with Gasteiger partial charge in [-0.15, -0.1) is 0 Å². The van der Waals surface area contributed by atoms with E-state index in [-0.39, 0.29) is 24.4 Å². The lowest BCUT2D eigenvalue weighted by Crippen LogP contribution is -2.70. The van der Waals surface area contributed by atoms with Crippen molar-refractivity contribution in [3.05, 3.63) is 33.8 Å². The van der Waals surface area contributed by atoms with Crippen LogP contribution in [0.4, 0.5) is 0 Å². The number of rotatable bonds is 4. The molecule has 3 fully saturated rings. The number of carbonyl (C=O) groups excluding carboxylic acids is 2. The van der Waals surface area contributed by atoms with E-state index in [1.807, 2.05) is 4.90 Å². The van der Waals surface area contributed by atoms with E-state index >= 15 is 0 Å². The molecule has 0 aromatic carbocycles. The first-order valence-corrected chi connectivity index (χ1v) is 9.19. The van der Waals surface area contributed by atoms with Gasteiger partial charge in [-0.25, -0.2) is 4.79 Å². The van der Waals surface area contributed by atoms with Crippen LogP contribution in [0.15, 0.2) is 23.7 Å². The van der Waals surface area contributed by atoms with Gasteiger partial charge >= 0.3 is 11.8 Å². The first-order chi connectivity index (χ1) is 12.9. The highest BCUT2D eigenvalue weighted by Gasteiger charge is 2.67. The molecule has 0 spiro atoms. The lowest BCUT2D eigenvalue weighted by Gasteiger charge is -2.51. The van der Waals surface area contributed by atoms with E-state index in [0.717, 1.165) is 0 Å². The number of carbonyl (C=O) groups is 2. The second-order valence-electron chi connectivity index (χ2n) is 8.38. The van der Waals surface area contributed by atoms with Crippen LogP contribution in [0.2, 0.25) is 0 Å². The van der Waals surface area contributed by atoms with Crippen molar-refractivity contribution in [1.29, 1.82) is 0 Å². The molecule has 3 rings (SSSR count). The third-order valence-electron chi connectivity index (χ3n) is 5.19. The Hall–Kier alpha value is -2.46. The zero-order chi connectivity index (χ0) is 20.9. The largest absolute Gasteiger partial charge is 0.457 e. The van der Waals surface area contributed by atoms with Crippen LogP contribution in [0.25, 0.3) is 0 Å². The second kappa shape index (κ2) is 6.85. The summed E-state index contributed by atoms with van der Waals surface area (Å²) in [5, 5.41) is 10.6. The first kappa shape index (κ1) is 20.3. The number of amides is 1. The minimum atomic E-state index is -1.12. The molecule has 0 aliphatic carbocycles. The minimum absolute atomic E-state index is 0.0929. The van der Waals surface area contributed by atoms with E-state index in [4.69, 9.17) is 15.2 Å². The molecule has 0 saturated carbocycles. The van der Waals surface area contributed by atoms with Gasteiger partial charge in [0.05, 0.1) is 12.6 Å². The fourth-order valence-corrected chi connectivity index (χ4v) is 3.99. The van der Waals surface area contributed by atoms with Crippen molar-refractivity contribution in [3.63, 3.8) is 0 Å². The van der Waals surface area contributed by atoms with Crippen LogP contribution in [0.5, 0.6) is 0 Å². The number of hydrogen-bond acceptors (Lipinski definition) is 8. The zero-order valence-corrected chi connectivity index (χ0v) is 16.5. The Morgan fingerprint density at radius 3 is 2.68 bits per heavy atom. The van der Waals surface area contributed by atoms with Crippen molar-refractivity contribution in [2.75, 3.05) is 13.2 Å². The molecule has 3 saturated heterocycles. The molecule has 154 valence electrons. The molecule has 3 atom stereocenters. The summed E-state index contributed by atoms with van der Waals surface area (Å²) in [6, 6.07) is -0.248. The molecule has 3 aliphatic rings. The van der Waals surface area contributed by atoms with Crippen molar-refractivity contribution >= 4 is 11.9 Å². The third-order valence-corrected chi connectivity index (χ3v) is 5.19. The molecule has 0 bridgehead atoms. The molecular weight excluding hydrogens is 368 g/mol. The van der Waals surface area contributed by atoms with Gasteiger partial charge in [0.25, 0.3) is 0 Å². The summed E-state index contributed by atoms with van der Waals surface area (Å²) < 4.78 is 11.4. The van der Waals surface area contributed by atoms with Gasteiger partial charge < -0.3 is 24.5 Å². The summed E-state index contributed by atoms with van der Waals surface area (Å²) >= 11 is 0. The lowest BCUT2D eigenvalue weighted by atomic mass is 9.86. The SMILES string of the molecule is C/C(=C\C=C(/N)[N+](=O)[O-])N1CC2COC3(C(=O)OC(C)(C)C)CC(CC1=O)N23. The predicted molar refractivity (Wildman–Crippen MR) is 97.9 cm³/mol. The van der Waals surface area contributed by atoms with Crippen LogP contribution in [0.3, 0.4) is 0 Å². The standard InChI is InChI=1S/C18H26N4O6/c1-11(5-6-14(19)22(25)26)20-9-13-10-27-18(16(24)28-17(2,3)4)8-12(21(13)18)7-15(20)23/h5-6,12-13H,7-10,19H2,1-4H3/b11-5+,14-6+. The molecule has 3 aliphatic heterocycles. The fraction of sp³-hybridized carbons (Fsp3) is 0.667. The van der Waals surface area contributed by atoms with E-state index < -0.39 is 28.0 Å². The Balaban J connectivity index is 1.79. The molecular formula is C18H26N4O6. The molecule has 0 aromatic heterocycles. The molecule has 0 radical (unpaired) electrons. The van der Waals surface area contributed by atoms with Gasteiger partial charge in [0.1, 0.15) is 5.60 Å². The van der Waals surface area contributed by atoms with Crippen molar-refractivity contribution < 1.29 is 24.0 Å². The first-order valence-electron chi connectivity index (χ1n) is 9.19. The second-order valence-corrected chi connectivity index (χ2v) is 8.38.